The first-order valence-corrected chi connectivity index (χ1v) is 9.14. The summed E-state index contributed by atoms with van der Waals surface area (Å²) in [6.07, 6.45) is 4.27. The molecule has 0 spiro atoms. The second-order valence-corrected chi connectivity index (χ2v) is 6.79. The molecule has 1 heterocycles. The first-order chi connectivity index (χ1) is 11.7. The van der Waals surface area contributed by atoms with Gasteiger partial charge in [-0.25, -0.2) is 0 Å². The van der Waals surface area contributed by atoms with Gasteiger partial charge in [0.15, 0.2) is 5.96 Å². The molecular formula is C19H28N4O. The van der Waals surface area contributed by atoms with E-state index in [1.165, 1.54) is 24.8 Å². The molecule has 1 fully saturated rings. The van der Waals surface area contributed by atoms with Crippen molar-refractivity contribution in [1.29, 1.82) is 0 Å². The van der Waals surface area contributed by atoms with E-state index in [0.717, 1.165) is 24.1 Å². The van der Waals surface area contributed by atoms with Crippen molar-refractivity contribution in [2.75, 3.05) is 18.4 Å². The molecule has 24 heavy (non-hydrogen) atoms. The second-order valence-electron chi connectivity index (χ2n) is 6.79. The van der Waals surface area contributed by atoms with E-state index >= 15 is 0 Å². The van der Waals surface area contributed by atoms with E-state index in [1.807, 2.05) is 18.2 Å². The number of aliphatic imine (C=N–C) groups is 1. The van der Waals surface area contributed by atoms with Crippen molar-refractivity contribution in [2.45, 2.75) is 51.5 Å². The lowest BCUT2D eigenvalue weighted by Gasteiger charge is -2.24. The highest BCUT2D eigenvalue weighted by atomic mass is 16.1. The van der Waals surface area contributed by atoms with Crippen molar-refractivity contribution in [2.24, 2.45) is 10.9 Å². The Morgan fingerprint density at radius 2 is 2.17 bits per heavy atom. The Morgan fingerprint density at radius 3 is 2.96 bits per heavy atom. The third-order valence-corrected chi connectivity index (χ3v) is 4.82. The van der Waals surface area contributed by atoms with Crippen LogP contribution < -0.4 is 16.0 Å². The SMILES string of the molecule is CCCC1CC1NC(=NCC1CC(=O)Nc2ccccc21)NCC. The number of anilines is 1. The largest absolute Gasteiger partial charge is 0.357 e. The molecule has 1 aromatic rings. The molecule has 3 rings (SSSR count). The number of hydrogen-bond acceptors (Lipinski definition) is 2. The fourth-order valence-corrected chi connectivity index (χ4v) is 3.48. The van der Waals surface area contributed by atoms with E-state index in [-0.39, 0.29) is 11.8 Å². The number of carbonyl (C=O) groups excluding carboxylic acids is 1. The zero-order chi connectivity index (χ0) is 16.9. The van der Waals surface area contributed by atoms with Crippen molar-refractivity contribution in [3.05, 3.63) is 29.8 Å². The molecule has 0 saturated heterocycles. The summed E-state index contributed by atoms with van der Waals surface area (Å²) in [5.41, 5.74) is 2.11. The van der Waals surface area contributed by atoms with Crippen LogP contribution in [0.25, 0.3) is 0 Å². The Balaban J connectivity index is 1.65. The molecule has 130 valence electrons. The highest BCUT2D eigenvalue weighted by molar-refractivity contribution is 5.94. The number of fused-ring (bicyclic) bond motifs is 1. The van der Waals surface area contributed by atoms with Crippen molar-refractivity contribution < 1.29 is 4.79 Å². The van der Waals surface area contributed by atoms with Gasteiger partial charge in [0.2, 0.25) is 5.91 Å². The molecule has 3 unspecified atom stereocenters. The average Bonchev–Trinajstić information content (AvgIpc) is 3.30. The standard InChI is InChI=1S/C19H28N4O/c1-3-7-13-10-17(13)23-19(20-4-2)21-12-14-11-18(24)22-16-9-6-5-8-15(14)16/h5-6,8-9,13-14,17H,3-4,7,10-12H2,1-2H3,(H,22,24)(H2,20,21,23). The third-order valence-electron chi connectivity index (χ3n) is 4.82. The Hall–Kier alpha value is -2.04. The van der Waals surface area contributed by atoms with Crippen LogP contribution in [-0.4, -0.2) is 31.0 Å². The monoisotopic (exact) mass is 328 g/mol. The van der Waals surface area contributed by atoms with Gasteiger partial charge < -0.3 is 16.0 Å². The lowest BCUT2D eigenvalue weighted by Crippen LogP contribution is -2.39. The van der Waals surface area contributed by atoms with Crippen molar-refractivity contribution in [3.8, 4) is 0 Å². The fourth-order valence-electron chi connectivity index (χ4n) is 3.48. The molecular weight excluding hydrogens is 300 g/mol. The number of nitrogens with one attached hydrogen (secondary N) is 3. The van der Waals surface area contributed by atoms with Gasteiger partial charge in [0.1, 0.15) is 0 Å². The van der Waals surface area contributed by atoms with Crippen LogP contribution in [0.1, 0.15) is 51.0 Å². The molecule has 1 saturated carbocycles. The summed E-state index contributed by atoms with van der Waals surface area (Å²) >= 11 is 0. The predicted molar refractivity (Wildman–Crippen MR) is 98.3 cm³/mol. The number of rotatable bonds is 6. The van der Waals surface area contributed by atoms with Gasteiger partial charge in [-0.2, -0.15) is 0 Å². The summed E-state index contributed by atoms with van der Waals surface area (Å²) in [5.74, 6) is 1.90. The molecule has 1 aliphatic heterocycles. The van der Waals surface area contributed by atoms with E-state index in [0.29, 0.717) is 19.0 Å². The summed E-state index contributed by atoms with van der Waals surface area (Å²) in [4.78, 5) is 16.7. The van der Waals surface area contributed by atoms with E-state index in [9.17, 15) is 4.79 Å². The highest BCUT2D eigenvalue weighted by Crippen LogP contribution is 2.35. The number of amides is 1. The molecule has 5 heteroatoms. The minimum atomic E-state index is 0.0806. The Morgan fingerprint density at radius 1 is 1.33 bits per heavy atom. The zero-order valence-electron chi connectivity index (χ0n) is 14.6. The van der Waals surface area contributed by atoms with Gasteiger partial charge in [0.05, 0.1) is 6.54 Å². The molecule has 0 aromatic heterocycles. The molecule has 0 bridgehead atoms. The highest BCUT2D eigenvalue weighted by Gasteiger charge is 2.36. The number of benzene rings is 1. The summed E-state index contributed by atoms with van der Waals surface area (Å²) in [6.45, 7) is 5.79. The Labute approximate surface area is 144 Å². The van der Waals surface area contributed by atoms with Crippen LogP contribution in [0.2, 0.25) is 0 Å². The van der Waals surface area contributed by atoms with Gasteiger partial charge >= 0.3 is 0 Å². The molecule has 1 aliphatic carbocycles. The van der Waals surface area contributed by atoms with Crippen LogP contribution in [0.15, 0.2) is 29.3 Å². The van der Waals surface area contributed by atoms with E-state index in [1.54, 1.807) is 0 Å². The molecule has 0 radical (unpaired) electrons. The van der Waals surface area contributed by atoms with E-state index < -0.39 is 0 Å². The number of hydrogen-bond donors (Lipinski definition) is 3. The zero-order valence-corrected chi connectivity index (χ0v) is 14.6. The topological polar surface area (TPSA) is 65.5 Å². The maximum Gasteiger partial charge on any atom is 0.225 e. The van der Waals surface area contributed by atoms with E-state index in [4.69, 9.17) is 4.99 Å². The van der Waals surface area contributed by atoms with Crippen molar-refractivity contribution in [3.63, 3.8) is 0 Å². The van der Waals surface area contributed by atoms with Crippen molar-refractivity contribution >= 4 is 17.6 Å². The second kappa shape index (κ2) is 7.69. The Bertz CT molecular complexity index is 613. The molecule has 1 amide bonds. The minimum Gasteiger partial charge on any atom is -0.357 e. The van der Waals surface area contributed by atoms with Gasteiger partial charge in [-0.1, -0.05) is 31.5 Å². The third kappa shape index (κ3) is 4.08. The summed E-state index contributed by atoms with van der Waals surface area (Å²) < 4.78 is 0. The predicted octanol–water partition coefficient (Wildman–Crippen LogP) is 2.86. The minimum absolute atomic E-state index is 0.0806. The van der Waals surface area contributed by atoms with Gasteiger partial charge in [-0.3, -0.25) is 9.79 Å². The Kier molecular flexibility index (Phi) is 5.38. The van der Waals surface area contributed by atoms with Crippen LogP contribution in [0, 0.1) is 5.92 Å². The van der Waals surface area contributed by atoms with Gasteiger partial charge in [-0.15, -0.1) is 0 Å². The molecule has 3 N–H and O–H groups in total. The normalized spacial score (nSPS) is 25.7. The first kappa shape index (κ1) is 16.8. The number of guanidine groups is 1. The lowest BCUT2D eigenvalue weighted by atomic mass is 9.91. The number of carbonyl (C=O) groups is 1. The molecule has 1 aromatic carbocycles. The quantitative estimate of drug-likeness (QED) is 0.556. The summed E-state index contributed by atoms with van der Waals surface area (Å²) in [7, 11) is 0. The summed E-state index contributed by atoms with van der Waals surface area (Å²) in [5, 5.41) is 9.82. The van der Waals surface area contributed by atoms with Crippen LogP contribution in [-0.2, 0) is 4.79 Å². The van der Waals surface area contributed by atoms with Crippen LogP contribution in [0.3, 0.4) is 0 Å². The maximum atomic E-state index is 11.9. The smallest absolute Gasteiger partial charge is 0.225 e. The maximum absolute atomic E-state index is 11.9. The van der Waals surface area contributed by atoms with Gasteiger partial charge in [-0.05, 0) is 37.3 Å². The van der Waals surface area contributed by atoms with Crippen LogP contribution in [0.5, 0.6) is 0 Å². The lowest BCUT2D eigenvalue weighted by molar-refractivity contribution is -0.116. The average molecular weight is 328 g/mol. The van der Waals surface area contributed by atoms with Gasteiger partial charge in [0, 0.05) is 30.6 Å². The fraction of sp³-hybridized carbons (Fsp3) is 0.579. The molecule has 2 aliphatic rings. The summed E-state index contributed by atoms with van der Waals surface area (Å²) in [6, 6.07) is 8.59. The van der Waals surface area contributed by atoms with Gasteiger partial charge in [0.25, 0.3) is 0 Å². The molecule has 5 nitrogen and oxygen atoms in total. The van der Waals surface area contributed by atoms with Crippen LogP contribution in [0.4, 0.5) is 5.69 Å². The molecule has 3 atom stereocenters. The number of nitrogens with zero attached hydrogens (tertiary/aromatic N) is 1. The first-order valence-electron chi connectivity index (χ1n) is 9.14. The van der Waals surface area contributed by atoms with Crippen LogP contribution >= 0.6 is 0 Å². The van der Waals surface area contributed by atoms with E-state index in [2.05, 4.69) is 35.9 Å². The van der Waals surface area contributed by atoms with Crippen molar-refractivity contribution in [1.82, 2.24) is 10.6 Å². The number of para-hydroxylation sites is 1.